The maximum Gasteiger partial charge on any atom is 0.256 e. The van der Waals surface area contributed by atoms with E-state index < -0.39 is 0 Å². The Morgan fingerprint density at radius 3 is 2.46 bits per heavy atom. The zero-order chi connectivity index (χ0) is 19.3. The number of amides is 2. The van der Waals surface area contributed by atoms with Gasteiger partial charge in [0, 0.05) is 24.0 Å². The fourth-order valence-electron chi connectivity index (χ4n) is 2.36. The van der Waals surface area contributed by atoms with Crippen molar-refractivity contribution in [2.24, 2.45) is 5.92 Å². The van der Waals surface area contributed by atoms with Gasteiger partial charge < -0.3 is 10.6 Å². The van der Waals surface area contributed by atoms with Crippen LogP contribution in [0.15, 0.2) is 24.3 Å². The van der Waals surface area contributed by atoms with Crippen molar-refractivity contribution < 1.29 is 9.59 Å². The average molecular weight is 397 g/mol. The van der Waals surface area contributed by atoms with Gasteiger partial charge >= 0.3 is 0 Å². The van der Waals surface area contributed by atoms with Gasteiger partial charge in [-0.05, 0) is 18.6 Å². The molecule has 0 aliphatic rings. The SMILES string of the molecule is Cc1nn(Cc2ccccc2Cl)c(Cl)c1C(=O)NCCNC(=O)C(C)C. The molecule has 0 radical (unpaired) electrons. The number of halogens is 2. The number of aromatic nitrogens is 2. The third-order valence-electron chi connectivity index (χ3n) is 3.80. The molecular weight excluding hydrogens is 375 g/mol. The van der Waals surface area contributed by atoms with E-state index in [0.717, 1.165) is 5.56 Å². The van der Waals surface area contributed by atoms with Crippen molar-refractivity contribution >= 4 is 35.0 Å². The van der Waals surface area contributed by atoms with Crippen LogP contribution in [0.3, 0.4) is 0 Å². The predicted octanol–water partition coefficient (Wildman–Crippen LogP) is 3.05. The van der Waals surface area contributed by atoms with E-state index >= 15 is 0 Å². The molecule has 140 valence electrons. The molecular formula is C18H22Cl2N4O2. The standard InChI is InChI=1S/C18H22Cl2N4O2/c1-11(2)17(25)21-8-9-22-18(26)15-12(3)23-24(16(15)20)10-13-6-4-5-7-14(13)19/h4-7,11H,8-10H2,1-3H3,(H,21,25)(H,22,26). The number of nitrogens with one attached hydrogen (secondary N) is 2. The Morgan fingerprint density at radius 2 is 1.81 bits per heavy atom. The Morgan fingerprint density at radius 1 is 1.15 bits per heavy atom. The first-order valence-electron chi connectivity index (χ1n) is 8.33. The second kappa shape index (κ2) is 9.05. The van der Waals surface area contributed by atoms with Crippen LogP contribution in [0.25, 0.3) is 0 Å². The lowest BCUT2D eigenvalue weighted by molar-refractivity contribution is -0.123. The number of benzene rings is 1. The first kappa shape index (κ1) is 20.3. The van der Waals surface area contributed by atoms with Crippen LogP contribution in [0.1, 0.15) is 35.5 Å². The minimum Gasteiger partial charge on any atom is -0.354 e. The summed E-state index contributed by atoms with van der Waals surface area (Å²) in [4.78, 5) is 23.9. The molecule has 6 nitrogen and oxygen atoms in total. The minimum atomic E-state index is -0.322. The quantitative estimate of drug-likeness (QED) is 0.706. The van der Waals surface area contributed by atoms with E-state index in [1.165, 1.54) is 0 Å². The molecule has 2 amide bonds. The van der Waals surface area contributed by atoms with Crippen molar-refractivity contribution in [3.8, 4) is 0 Å². The Labute approximate surface area is 162 Å². The van der Waals surface area contributed by atoms with E-state index in [4.69, 9.17) is 23.2 Å². The Bertz CT molecular complexity index is 802. The van der Waals surface area contributed by atoms with Crippen molar-refractivity contribution in [2.75, 3.05) is 13.1 Å². The summed E-state index contributed by atoms with van der Waals surface area (Å²) in [7, 11) is 0. The van der Waals surface area contributed by atoms with Crippen LogP contribution in [-0.4, -0.2) is 34.7 Å². The molecule has 2 N–H and O–H groups in total. The molecule has 2 aromatic rings. The average Bonchev–Trinajstić information content (AvgIpc) is 2.87. The molecule has 8 heteroatoms. The van der Waals surface area contributed by atoms with Crippen LogP contribution in [0.2, 0.25) is 10.2 Å². The van der Waals surface area contributed by atoms with Gasteiger partial charge in [-0.3, -0.25) is 9.59 Å². The van der Waals surface area contributed by atoms with Gasteiger partial charge in [0.1, 0.15) is 5.15 Å². The van der Waals surface area contributed by atoms with Crippen LogP contribution >= 0.6 is 23.2 Å². The van der Waals surface area contributed by atoms with E-state index in [1.807, 2.05) is 32.0 Å². The van der Waals surface area contributed by atoms with Gasteiger partial charge in [-0.1, -0.05) is 55.2 Å². The molecule has 0 spiro atoms. The smallest absolute Gasteiger partial charge is 0.256 e. The highest BCUT2D eigenvalue weighted by Crippen LogP contribution is 2.23. The van der Waals surface area contributed by atoms with Crippen LogP contribution < -0.4 is 10.6 Å². The van der Waals surface area contributed by atoms with Gasteiger partial charge in [-0.15, -0.1) is 0 Å². The summed E-state index contributed by atoms with van der Waals surface area (Å²) in [5.41, 5.74) is 1.72. The maximum absolute atomic E-state index is 12.4. The summed E-state index contributed by atoms with van der Waals surface area (Å²) < 4.78 is 1.55. The third kappa shape index (κ3) is 4.99. The van der Waals surface area contributed by atoms with E-state index in [9.17, 15) is 9.59 Å². The van der Waals surface area contributed by atoms with Gasteiger partial charge in [0.15, 0.2) is 0 Å². The van der Waals surface area contributed by atoms with Crippen molar-refractivity contribution in [2.45, 2.75) is 27.3 Å². The van der Waals surface area contributed by atoms with E-state index in [0.29, 0.717) is 35.9 Å². The molecule has 0 saturated carbocycles. The van der Waals surface area contributed by atoms with E-state index in [-0.39, 0.29) is 22.9 Å². The normalized spacial score (nSPS) is 10.8. The molecule has 1 aromatic heterocycles. The summed E-state index contributed by atoms with van der Waals surface area (Å²) in [6.45, 7) is 6.38. The molecule has 0 saturated heterocycles. The summed E-state index contributed by atoms with van der Waals surface area (Å²) in [5.74, 6) is -0.469. The summed E-state index contributed by atoms with van der Waals surface area (Å²) in [5, 5.41) is 10.7. The molecule has 1 heterocycles. The molecule has 1 aromatic carbocycles. The molecule has 0 fully saturated rings. The number of aryl methyl sites for hydroxylation is 1. The zero-order valence-corrected chi connectivity index (χ0v) is 16.5. The van der Waals surface area contributed by atoms with E-state index in [2.05, 4.69) is 15.7 Å². The van der Waals surface area contributed by atoms with Gasteiger partial charge in [-0.25, -0.2) is 4.68 Å². The number of carbonyl (C=O) groups is 2. The highest BCUT2D eigenvalue weighted by atomic mass is 35.5. The summed E-state index contributed by atoms with van der Waals surface area (Å²) in [6, 6.07) is 7.40. The predicted molar refractivity (Wildman–Crippen MR) is 103 cm³/mol. The van der Waals surface area contributed by atoms with E-state index in [1.54, 1.807) is 17.7 Å². The molecule has 0 aliphatic heterocycles. The second-order valence-corrected chi connectivity index (χ2v) is 6.97. The van der Waals surface area contributed by atoms with Crippen LogP contribution in [0.5, 0.6) is 0 Å². The van der Waals surface area contributed by atoms with Gasteiger partial charge in [0.25, 0.3) is 5.91 Å². The largest absolute Gasteiger partial charge is 0.354 e. The number of carbonyl (C=O) groups excluding carboxylic acids is 2. The zero-order valence-electron chi connectivity index (χ0n) is 15.0. The number of hydrogen-bond donors (Lipinski definition) is 2. The molecule has 0 aliphatic carbocycles. The molecule has 26 heavy (non-hydrogen) atoms. The molecule has 2 rings (SSSR count). The first-order valence-corrected chi connectivity index (χ1v) is 9.09. The number of nitrogens with zero attached hydrogens (tertiary/aromatic N) is 2. The highest BCUT2D eigenvalue weighted by molar-refractivity contribution is 6.33. The minimum absolute atomic E-state index is 0.0546. The maximum atomic E-state index is 12.4. The lowest BCUT2D eigenvalue weighted by Gasteiger charge is -2.09. The topological polar surface area (TPSA) is 76.0 Å². The number of hydrogen-bond acceptors (Lipinski definition) is 3. The fourth-order valence-corrected chi connectivity index (χ4v) is 2.87. The monoisotopic (exact) mass is 396 g/mol. The summed E-state index contributed by atoms with van der Waals surface area (Å²) in [6.07, 6.45) is 0. The van der Waals surface area contributed by atoms with Gasteiger partial charge in [-0.2, -0.15) is 5.10 Å². The van der Waals surface area contributed by atoms with Crippen molar-refractivity contribution in [1.82, 2.24) is 20.4 Å². The third-order valence-corrected chi connectivity index (χ3v) is 4.56. The Balaban J connectivity index is 2.01. The summed E-state index contributed by atoms with van der Waals surface area (Å²) >= 11 is 12.5. The Hall–Kier alpha value is -2.05. The van der Waals surface area contributed by atoms with Crippen molar-refractivity contribution in [3.63, 3.8) is 0 Å². The van der Waals surface area contributed by atoms with Crippen LogP contribution in [0, 0.1) is 12.8 Å². The lowest BCUT2D eigenvalue weighted by atomic mass is 10.2. The fraction of sp³-hybridized carbons (Fsp3) is 0.389. The van der Waals surface area contributed by atoms with Crippen molar-refractivity contribution in [1.29, 1.82) is 0 Å². The second-order valence-electron chi connectivity index (χ2n) is 6.20. The molecule has 0 bridgehead atoms. The van der Waals surface area contributed by atoms with Crippen LogP contribution in [-0.2, 0) is 11.3 Å². The molecule has 0 atom stereocenters. The molecule has 0 unspecified atom stereocenters. The van der Waals surface area contributed by atoms with Crippen molar-refractivity contribution in [3.05, 3.63) is 51.3 Å². The van der Waals surface area contributed by atoms with Gasteiger partial charge in [0.05, 0.1) is 17.8 Å². The lowest BCUT2D eigenvalue weighted by Crippen LogP contribution is -2.36. The Kier molecular flexibility index (Phi) is 7.06. The van der Waals surface area contributed by atoms with Gasteiger partial charge in [0.2, 0.25) is 5.91 Å². The number of rotatable bonds is 7. The highest BCUT2D eigenvalue weighted by Gasteiger charge is 2.20. The van der Waals surface area contributed by atoms with Crippen LogP contribution in [0.4, 0.5) is 0 Å². The first-order chi connectivity index (χ1) is 12.3.